The maximum absolute atomic E-state index is 9.39. The van der Waals surface area contributed by atoms with Gasteiger partial charge in [0.15, 0.2) is 0 Å². The van der Waals surface area contributed by atoms with Crippen molar-refractivity contribution in [1.29, 1.82) is 10.5 Å². The topological polar surface area (TPSA) is 113 Å². The summed E-state index contributed by atoms with van der Waals surface area (Å²) in [6, 6.07) is 3.60. The molecule has 6 nitrogen and oxygen atoms in total. The lowest BCUT2D eigenvalue weighted by Gasteiger charge is -2.12. The molecule has 0 saturated heterocycles. The number of nitriles is 2. The average molecular weight is 252 g/mol. The maximum atomic E-state index is 9.39. The van der Waals surface area contributed by atoms with E-state index in [1.54, 1.807) is 12.1 Å². The number of nitrogens with zero attached hydrogens (tertiary/aromatic N) is 4. The van der Waals surface area contributed by atoms with Gasteiger partial charge in [0.05, 0.1) is 25.2 Å². The average Bonchev–Trinajstić information content (AvgIpc) is 2.32. The third-order valence-electron chi connectivity index (χ3n) is 2.43. The molecule has 0 spiro atoms. The fourth-order valence-electron chi connectivity index (χ4n) is 1.24. The third kappa shape index (κ3) is 8.63. The van der Waals surface area contributed by atoms with E-state index < -0.39 is 11.2 Å². The van der Waals surface area contributed by atoms with E-state index in [1.165, 1.54) is 13.8 Å². The Balaban J connectivity index is 3.58. The molecule has 100 valence electrons. The van der Waals surface area contributed by atoms with Crippen molar-refractivity contribution < 1.29 is 10.2 Å². The lowest BCUT2D eigenvalue weighted by molar-refractivity contribution is 0.107. The van der Waals surface area contributed by atoms with Crippen molar-refractivity contribution in [1.82, 2.24) is 0 Å². The van der Waals surface area contributed by atoms with Gasteiger partial charge in [0.2, 0.25) is 0 Å². The third-order valence-corrected chi connectivity index (χ3v) is 2.43. The fraction of sp³-hybridized carbons (Fsp3) is 0.833. The van der Waals surface area contributed by atoms with Crippen LogP contribution in [0.4, 0.5) is 0 Å². The standard InChI is InChI=1S/C12H20N4O2/c1-11(17,9-13)5-3-7-15-16-8-4-6-12(2,18)10-14/h17-18H,3-8H2,1-2H3. The molecule has 0 heterocycles. The van der Waals surface area contributed by atoms with Gasteiger partial charge in [-0.25, -0.2) is 0 Å². The van der Waals surface area contributed by atoms with E-state index in [1.807, 2.05) is 0 Å². The zero-order valence-corrected chi connectivity index (χ0v) is 10.9. The molecule has 0 radical (unpaired) electrons. The van der Waals surface area contributed by atoms with Gasteiger partial charge in [-0.1, -0.05) is 0 Å². The minimum absolute atomic E-state index is 0.367. The monoisotopic (exact) mass is 252 g/mol. The normalized spacial score (nSPS) is 17.7. The van der Waals surface area contributed by atoms with E-state index >= 15 is 0 Å². The highest BCUT2D eigenvalue weighted by Crippen LogP contribution is 2.11. The van der Waals surface area contributed by atoms with Crippen molar-refractivity contribution in [2.75, 3.05) is 13.1 Å². The Labute approximate surface area is 108 Å². The van der Waals surface area contributed by atoms with Gasteiger partial charge in [0.1, 0.15) is 11.2 Å². The number of rotatable bonds is 8. The highest BCUT2D eigenvalue weighted by Gasteiger charge is 2.18. The van der Waals surface area contributed by atoms with E-state index in [0.717, 1.165) is 0 Å². The van der Waals surface area contributed by atoms with E-state index in [-0.39, 0.29) is 0 Å². The molecule has 0 amide bonds. The molecule has 0 saturated carbocycles. The quantitative estimate of drug-likeness (QED) is 0.387. The van der Waals surface area contributed by atoms with E-state index in [4.69, 9.17) is 10.5 Å². The van der Waals surface area contributed by atoms with E-state index in [9.17, 15) is 10.2 Å². The van der Waals surface area contributed by atoms with Crippen LogP contribution in [0.5, 0.6) is 0 Å². The molecule has 0 fully saturated rings. The number of azo groups is 1. The molecule has 18 heavy (non-hydrogen) atoms. The summed E-state index contributed by atoms with van der Waals surface area (Å²) in [5.41, 5.74) is -2.58. The van der Waals surface area contributed by atoms with Crippen LogP contribution in [0.2, 0.25) is 0 Å². The van der Waals surface area contributed by atoms with Crippen LogP contribution >= 0.6 is 0 Å². The molecule has 0 aromatic rings. The summed E-state index contributed by atoms with van der Waals surface area (Å²) in [6.45, 7) is 3.86. The summed E-state index contributed by atoms with van der Waals surface area (Å²) in [5.74, 6) is 0. The first-order valence-corrected chi connectivity index (χ1v) is 5.93. The number of hydrogen-bond donors (Lipinski definition) is 2. The van der Waals surface area contributed by atoms with E-state index in [2.05, 4.69) is 10.2 Å². The first kappa shape index (κ1) is 16.5. The molecule has 0 aliphatic carbocycles. The van der Waals surface area contributed by atoms with Gasteiger partial charge in [0, 0.05) is 0 Å². The molecule has 2 unspecified atom stereocenters. The maximum Gasteiger partial charge on any atom is 0.148 e. The van der Waals surface area contributed by atoms with Crippen LogP contribution < -0.4 is 0 Å². The summed E-state index contributed by atoms with van der Waals surface area (Å²) >= 11 is 0. The molecule has 0 bridgehead atoms. The summed E-state index contributed by atoms with van der Waals surface area (Å²) in [4.78, 5) is 0. The zero-order valence-electron chi connectivity index (χ0n) is 10.9. The minimum atomic E-state index is -1.29. The molecule has 0 aromatic carbocycles. The highest BCUT2D eigenvalue weighted by molar-refractivity contribution is 4.96. The van der Waals surface area contributed by atoms with Crippen LogP contribution in [-0.4, -0.2) is 34.5 Å². The number of hydrogen-bond acceptors (Lipinski definition) is 6. The summed E-state index contributed by atoms with van der Waals surface area (Å²) in [5, 5.41) is 43.7. The molecular formula is C12H20N4O2. The van der Waals surface area contributed by atoms with Crippen molar-refractivity contribution >= 4 is 0 Å². The Kier molecular flexibility index (Phi) is 7.11. The van der Waals surface area contributed by atoms with Crippen molar-refractivity contribution in [2.45, 2.75) is 50.7 Å². The lowest BCUT2D eigenvalue weighted by Crippen LogP contribution is -2.21. The van der Waals surface area contributed by atoms with Crippen molar-refractivity contribution in [3.05, 3.63) is 0 Å². The number of aliphatic hydroxyl groups is 2. The Hall–Kier alpha value is -1.50. The van der Waals surface area contributed by atoms with Crippen LogP contribution in [0.1, 0.15) is 39.5 Å². The van der Waals surface area contributed by atoms with Gasteiger partial charge in [-0.15, -0.1) is 0 Å². The molecule has 0 aromatic heterocycles. The molecule has 2 N–H and O–H groups in total. The van der Waals surface area contributed by atoms with Crippen molar-refractivity contribution in [3.8, 4) is 12.1 Å². The first-order valence-electron chi connectivity index (χ1n) is 5.93. The van der Waals surface area contributed by atoms with Gasteiger partial charge >= 0.3 is 0 Å². The summed E-state index contributed by atoms with van der Waals surface area (Å²) < 4.78 is 0. The lowest BCUT2D eigenvalue weighted by atomic mass is 10.0. The van der Waals surface area contributed by atoms with Crippen molar-refractivity contribution in [2.24, 2.45) is 10.2 Å². The Bertz CT molecular complexity index is 316. The summed E-state index contributed by atoms with van der Waals surface area (Å²) in [6.07, 6.45) is 1.93. The van der Waals surface area contributed by atoms with Gasteiger partial charge in [-0.2, -0.15) is 20.8 Å². The van der Waals surface area contributed by atoms with Gasteiger partial charge < -0.3 is 10.2 Å². The molecular weight excluding hydrogens is 232 g/mol. The SMILES string of the molecule is CC(O)(C#N)CCCN=NCCCC(C)(O)C#N. The van der Waals surface area contributed by atoms with E-state index in [0.29, 0.717) is 38.8 Å². The zero-order chi connectivity index (χ0) is 14.1. The predicted octanol–water partition coefficient (Wildman–Crippen LogP) is 1.55. The predicted molar refractivity (Wildman–Crippen MR) is 65.5 cm³/mol. The van der Waals surface area contributed by atoms with Crippen LogP contribution in [0.15, 0.2) is 10.2 Å². The van der Waals surface area contributed by atoms with Crippen LogP contribution in [0.25, 0.3) is 0 Å². The Morgan fingerprint density at radius 2 is 1.22 bits per heavy atom. The Morgan fingerprint density at radius 3 is 1.50 bits per heavy atom. The molecule has 6 heteroatoms. The second-order valence-electron chi connectivity index (χ2n) is 4.71. The molecule has 0 aliphatic rings. The molecule has 2 atom stereocenters. The second kappa shape index (κ2) is 7.75. The van der Waals surface area contributed by atoms with Crippen LogP contribution in [0, 0.1) is 22.7 Å². The van der Waals surface area contributed by atoms with Gasteiger partial charge in [-0.3, -0.25) is 0 Å². The van der Waals surface area contributed by atoms with Crippen LogP contribution in [-0.2, 0) is 0 Å². The second-order valence-corrected chi connectivity index (χ2v) is 4.71. The van der Waals surface area contributed by atoms with Crippen molar-refractivity contribution in [3.63, 3.8) is 0 Å². The molecule has 0 rings (SSSR count). The molecule has 0 aliphatic heterocycles. The van der Waals surface area contributed by atoms with Crippen LogP contribution in [0.3, 0.4) is 0 Å². The Morgan fingerprint density at radius 1 is 0.889 bits per heavy atom. The smallest absolute Gasteiger partial charge is 0.148 e. The largest absolute Gasteiger partial charge is 0.376 e. The van der Waals surface area contributed by atoms with Gasteiger partial charge in [-0.05, 0) is 39.5 Å². The summed E-state index contributed by atoms with van der Waals surface area (Å²) in [7, 11) is 0. The minimum Gasteiger partial charge on any atom is -0.376 e. The fourth-order valence-corrected chi connectivity index (χ4v) is 1.24. The highest BCUT2D eigenvalue weighted by atomic mass is 16.3. The first-order chi connectivity index (χ1) is 8.33. The van der Waals surface area contributed by atoms with Gasteiger partial charge in [0.25, 0.3) is 0 Å².